The van der Waals surface area contributed by atoms with Crippen LogP contribution in [0.1, 0.15) is 15.9 Å². The molecule has 0 radical (unpaired) electrons. The van der Waals surface area contributed by atoms with E-state index in [2.05, 4.69) is 31.9 Å². The second-order valence-electron chi connectivity index (χ2n) is 4.88. The molecule has 2 aromatic carbocycles. The van der Waals surface area contributed by atoms with Gasteiger partial charge in [0.2, 0.25) is 0 Å². The van der Waals surface area contributed by atoms with E-state index < -0.39 is 5.63 Å². The Morgan fingerprint density at radius 2 is 1.78 bits per heavy atom. The molecule has 0 saturated heterocycles. The third-order valence-electron chi connectivity index (χ3n) is 3.24. The maximum atomic E-state index is 12.3. The maximum absolute atomic E-state index is 12.3. The Labute approximate surface area is 148 Å². The van der Waals surface area contributed by atoms with Crippen molar-refractivity contribution in [2.75, 3.05) is 0 Å². The molecule has 5 heteroatoms. The summed E-state index contributed by atoms with van der Waals surface area (Å²) < 4.78 is 6.97. The fourth-order valence-electron chi connectivity index (χ4n) is 2.14. The monoisotopic (exact) mass is 432 g/mol. The lowest BCUT2D eigenvalue weighted by molar-refractivity contribution is 0.104. The zero-order valence-corrected chi connectivity index (χ0v) is 14.9. The molecule has 23 heavy (non-hydrogen) atoms. The number of hydrogen-bond donors (Lipinski definition) is 0. The van der Waals surface area contributed by atoms with Crippen LogP contribution in [0.15, 0.2) is 72.8 Å². The van der Waals surface area contributed by atoms with Gasteiger partial charge in [-0.3, -0.25) is 4.79 Å². The van der Waals surface area contributed by atoms with Crippen LogP contribution in [-0.2, 0) is 0 Å². The highest BCUT2D eigenvalue weighted by atomic mass is 79.9. The van der Waals surface area contributed by atoms with E-state index in [1.165, 1.54) is 6.08 Å². The predicted octanol–water partition coefficient (Wildman–Crippen LogP) is 5.21. The largest absolute Gasteiger partial charge is 0.422 e. The van der Waals surface area contributed by atoms with Gasteiger partial charge in [0.25, 0.3) is 0 Å². The van der Waals surface area contributed by atoms with E-state index >= 15 is 0 Å². The first-order valence-electron chi connectivity index (χ1n) is 6.74. The minimum absolute atomic E-state index is 0.0156. The standard InChI is InChI=1S/C18H10Br2O3/c19-13-3-1-2-11(8-13)4-6-16(21)15-10-12-9-14(20)5-7-17(12)23-18(15)22/h1-10H. The van der Waals surface area contributed by atoms with Crippen LogP contribution < -0.4 is 5.63 Å². The Kier molecular flexibility index (Phi) is 4.59. The third-order valence-corrected chi connectivity index (χ3v) is 4.22. The lowest BCUT2D eigenvalue weighted by Gasteiger charge is -2.00. The quantitative estimate of drug-likeness (QED) is 0.323. The van der Waals surface area contributed by atoms with E-state index in [-0.39, 0.29) is 11.3 Å². The van der Waals surface area contributed by atoms with Gasteiger partial charge in [-0.25, -0.2) is 4.79 Å². The van der Waals surface area contributed by atoms with Crippen LogP contribution in [-0.4, -0.2) is 5.78 Å². The molecule has 0 aliphatic heterocycles. The minimum atomic E-state index is -0.635. The lowest BCUT2D eigenvalue weighted by Crippen LogP contribution is -2.11. The molecular weight excluding hydrogens is 424 g/mol. The smallest absolute Gasteiger partial charge is 0.347 e. The van der Waals surface area contributed by atoms with Crippen LogP contribution in [0, 0.1) is 0 Å². The summed E-state index contributed by atoms with van der Waals surface area (Å²) in [5, 5.41) is 0.693. The fourth-order valence-corrected chi connectivity index (χ4v) is 2.93. The van der Waals surface area contributed by atoms with Crippen LogP contribution in [0.3, 0.4) is 0 Å². The summed E-state index contributed by atoms with van der Waals surface area (Å²) in [6.45, 7) is 0. The van der Waals surface area contributed by atoms with Crippen LogP contribution in [0.25, 0.3) is 17.0 Å². The molecule has 0 N–H and O–H groups in total. The maximum Gasteiger partial charge on any atom is 0.347 e. The molecule has 0 spiro atoms. The molecule has 0 aliphatic rings. The van der Waals surface area contributed by atoms with Crippen molar-refractivity contribution < 1.29 is 9.21 Å². The fraction of sp³-hybridized carbons (Fsp3) is 0. The summed E-state index contributed by atoms with van der Waals surface area (Å²) in [5.74, 6) is -0.388. The summed E-state index contributed by atoms with van der Waals surface area (Å²) in [6.07, 6.45) is 3.04. The lowest BCUT2D eigenvalue weighted by atomic mass is 10.1. The zero-order valence-electron chi connectivity index (χ0n) is 11.8. The SMILES string of the molecule is O=C(C=Cc1cccc(Br)c1)c1cc2cc(Br)ccc2oc1=O. The van der Waals surface area contributed by atoms with Crippen molar-refractivity contribution in [3.8, 4) is 0 Å². The minimum Gasteiger partial charge on any atom is -0.422 e. The van der Waals surface area contributed by atoms with Crippen molar-refractivity contribution in [3.63, 3.8) is 0 Å². The number of rotatable bonds is 3. The van der Waals surface area contributed by atoms with Crippen LogP contribution in [0.5, 0.6) is 0 Å². The highest BCUT2D eigenvalue weighted by molar-refractivity contribution is 9.10. The zero-order chi connectivity index (χ0) is 16.4. The van der Waals surface area contributed by atoms with E-state index in [9.17, 15) is 9.59 Å². The topological polar surface area (TPSA) is 47.3 Å². The van der Waals surface area contributed by atoms with Crippen LogP contribution in [0.2, 0.25) is 0 Å². The highest BCUT2D eigenvalue weighted by Crippen LogP contribution is 2.20. The molecule has 0 unspecified atom stereocenters. The van der Waals surface area contributed by atoms with Gasteiger partial charge in [-0.2, -0.15) is 0 Å². The molecule has 1 heterocycles. The van der Waals surface area contributed by atoms with Crippen molar-refractivity contribution in [2.24, 2.45) is 0 Å². The number of fused-ring (bicyclic) bond motifs is 1. The summed E-state index contributed by atoms with van der Waals surface area (Å²) in [6, 6.07) is 14.3. The number of carbonyl (C=O) groups is 1. The van der Waals surface area contributed by atoms with E-state index in [0.717, 1.165) is 14.5 Å². The molecule has 0 amide bonds. The average molecular weight is 434 g/mol. The number of allylic oxidation sites excluding steroid dienone is 1. The van der Waals surface area contributed by atoms with Crippen molar-refractivity contribution in [1.29, 1.82) is 0 Å². The molecule has 3 rings (SSSR count). The summed E-state index contributed by atoms with van der Waals surface area (Å²) >= 11 is 6.73. The normalized spacial score (nSPS) is 11.2. The van der Waals surface area contributed by atoms with Gasteiger partial charge in [0.05, 0.1) is 0 Å². The molecule has 0 aliphatic carbocycles. The van der Waals surface area contributed by atoms with Gasteiger partial charge >= 0.3 is 5.63 Å². The second kappa shape index (κ2) is 6.64. The predicted molar refractivity (Wildman–Crippen MR) is 97.7 cm³/mol. The molecule has 3 nitrogen and oxygen atoms in total. The molecule has 3 aromatic rings. The Morgan fingerprint density at radius 1 is 1.00 bits per heavy atom. The molecule has 1 aromatic heterocycles. The summed E-state index contributed by atoms with van der Waals surface area (Å²) in [7, 11) is 0. The van der Waals surface area contributed by atoms with Gasteiger partial charge in [-0.15, -0.1) is 0 Å². The molecule has 0 bridgehead atoms. The molecular formula is C18H10Br2O3. The van der Waals surface area contributed by atoms with Crippen LogP contribution in [0.4, 0.5) is 0 Å². The van der Waals surface area contributed by atoms with Gasteiger partial charge in [-0.1, -0.05) is 50.1 Å². The van der Waals surface area contributed by atoms with Gasteiger partial charge in [0, 0.05) is 14.3 Å². The molecule has 0 fully saturated rings. The van der Waals surface area contributed by atoms with Gasteiger partial charge in [0.1, 0.15) is 11.1 Å². The number of hydrogen-bond acceptors (Lipinski definition) is 3. The second-order valence-corrected chi connectivity index (χ2v) is 6.71. The van der Waals surface area contributed by atoms with Gasteiger partial charge in [0.15, 0.2) is 5.78 Å². The highest BCUT2D eigenvalue weighted by Gasteiger charge is 2.11. The summed E-state index contributed by atoms with van der Waals surface area (Å²) in [5.41, 5.74) is 0.692. The van der Waals surface area contributed by atoms with E-state index in [0.29, 0.717) is 11.0 Å². The van der Waals surface area contributed by atoms with Crippen molar-refractivity contribution >= 4 is 54.7 Å². The van der Waals surface area contributed by atoms with Crippen LogP contribution >= 0.6 is 31.9 Å². The van der Waals surface area contributed by atoms with E-state index in [4.69, 9.17) is 4.42 Å². The molecule has 114 valence electrons. The number of benzene rings is 2. The van der Waals surface area contributed by atoms with Gasteiger partial charge in [-0.05, 0) is 48.0 Å². The van der Waals surface area contributed by atoms with Gasteiger partial charge < -0.3 is 4.42 Å². The third kappa shape index (κ3) is 3.68. The Balaban J connectivity index is 1.97. The Hall–Kier alpha value is -1.98. The van der Waals surface area contributed by atoms with E-state index in [1.54, 1.807) is 30.3 Å². The molecule has 0 saturated carbocycles. The van der Waals surface area contributed by atoms with E-state index in [1.807, 2.05) is 24.3 Å². The molecule has 0 atom stereocenters. The Bertz CT molecular complexity index is 987. The van der Waals surface area contributed by atoms with Crippen molar-refractivity contribution in [2.45, 2.75) is 0 Å². The first-order chi connectivity index (χ1) is 11.0. The van der Waals surface area contributed by atoms with Crippen molar-refractivity contribution in [1.82, 2.24) is 0 Å². The average Bonchev–Trinajstić information content (AvgIpc) is 2.52. The number of ketones is 1. The van der Waals surface area contributed by atoms with Crippen molar-refractivity contribution in [3.05, 3.63) is 85.1 Å². The number of halogens is 2. The number of carbonyl (C=O) groups excluding carboxylic acids is 1. The Morgan fingerprint density at radius 3 is 2.57 bits per heavy atom. The summed E-state index contributed by atoms with van der Waals surface area (Å²) in [4.78, 5) is 24.3. The first-order valence-corrected chi connectivity index (χ1v) is 8.33. The first kappa shape index (κ1) is 15.9.